The van der Waals surface area contributed by atoms with Gasteiger partial charge in [-0.1, -0.05) is 0 Å². The van der Waals surface area contributed by atoms with Gasteiger partial charge in [0, 0.05) is 6.04 Å². The summed E-state index contributed by atoms with van der Waals surface area (Å²) in [6.07, 6.45) is 0.361. The monoisotopic (exact) mass is 141 g/mol. The lowest BCUT2D eigenvalue weighted by molar-refractivity contribution is 0.271. The summed E-state index contributed by atoms with van der Waals surface area (Å²) in [5.41, 5.74) is 3.01. The summed E-state index contributed by atoms with van der Waals surface area (Å²) >= 11 is 0. The Balaban J connectivity index is 2.64. The highest BCUT2D eigenvalue weighted by atomic mass is 15.5. The Bertz CT molecular complexity index is 151. The van der Waals surface area contributed by atoms with E-state index in [1.807, 2.05) is 6.92 Å². The summed E-state index contributed by atoms with van der Waals surface area (Å²) in [4.78, 5) is 2.25. The predicted octanol–water partition coefficient (Wildman–Crippen LogP) is 0.979. The topological polar surface area (TPSA) is 27.6 Å². The molecule has 0 amide bonds. The Hall–Kier alpha value is -0.730. The van der Waals surface area contributed by atoms with E-state index in [9.17, 15) is 0 Å². The van der Waals surface area contributed by atoms with Crippen LogP contribution in [-0.4, -0.2) is 22.9 Å². The van der Waals surface area contributed by atoms with Crippen LogP contribution in [0, 0.1) is 0 Å². The number of rotatable bonds is 1. The SMILES string of the molecule is CC1=NNC(C)N1C(C)C. The largest absolute Gasteiger partial charge is 0.335 e. The van der Waals surface area contributed by atoms with Gasteiger partial charge in [-0.25, -0.2) is 0 Å². The van der Waals surface area contributed by atoms with Crippen molar-refractivity contribution < 1.29 is 0 Å². The van der Waals surface area contributed by atoms with E-state index in [-0.39, 0.29) is 0 Å². The van der Waals surface area contributed by atoms with Gasteiger partial charge in [0.2, 0.25) is 0 Å². The molecule has 0 radical (unpaired) electrons. The van der Waals surface area contributed by atoms with E-state index < -0.39 is 0 Å². The van der Waals surface area contributed by atoms with Gasteiger partial charge in [0.15, 0.2) is 0 Å². The molecule has 3 heteroatoms. The van der Waals surface area contributed by atoms with Gasteiger partial charge < -0.3 is 4.90 Å². The molecule has 0 aliphatic carbocycles. The van der Waals surface area contributed by atoms with Crippen molar-refractivity contribution in [3.8, 4) is 0 Å². The van der Waals surface area contributed by atoms with Gasteiger partial charge in [0.05, 0.1) is 0 Å². The van der Waals surface area contributed by atoms with Crippen molar-refractivity contribution in [2.45, 2.75) is 39.9 Å². The summed E-state index contributed by atoms with van der Waals surface area (Å²) < 4.78 is 0. The first-order chi connectivity index (χ1) is 4.63. The van der Waals surface area contributed by atoms with Gasteiger partial charge in [-0.2, -0.15) is 5.10 Å². The highest BCUT2D eigenvalue weighted by Crippen LogP contribution is 2.09. The summed E-state index contributed by atoms with van der Waals surface area (Å²) in [6.45, 7) is 8.47. The van der Waals surface area contributed by atoms with E-state index in [2.05, 4.69) is 36.2 Å². The van der Waals surface area contributed by atoms with Crippen molar-refractivity contribution in [2.75, 3.05) is 0 Å². The van der Waals surface area contributed by atoms with Crippen LogP contribution in [0.2, 0.25) is 0 Å². The van der Waals surface area contributed by atoms with Crippen molar-refractivity contribution in [2.24, 2.45) is 5.10 Å². The molecular formula is C7H15N3. The van der Waals surface area contributed by atoms with Crippen molar-refractivity contribution in [1.29, 1.82) is 0 Å². The molecule has 1 unspecified atom stereocenters. The van der Waals surface area contributed by atoms with Crippen LogP contribution in [0.4, 0.5) is 0 Å². The highest BCUT2D eigenvalue weighted by molar-refractivity contribution is 5.81. The Labute approximate surface area is 62.1 Å². The molecule has 3 nitrogen and oxygen atoms in total. The minimum absolute atomic E-state index is 0.361. The number of amidine groups is 1. The third-order valence-electron chi connectivity index (χ3n) is 1.76. The van der Waals surface area contributed by atoms with Crippen LogP contribution in [0.15, 0.2) is 5.10 Å². The van der Waals surface area contributed by atoms with Crippen LogP contribution in [-0.2, 0) is 0 Å². The van der Waals surface area contributed by atoms with E-state index in [0.29, 0.717) is 12.2 Å². The third kappa shape index (κ3) is 1.08. The van der Waals surface area contributed by atoms with Crippen LogP contribution >= 0.6 is 0 Å². The summed E-state index contributed by atoms with van der Waals surface area (Å²) in [6, 6.07) is 0.536. The van der Waals surface area contributed by atoms with Gasteiger partial charge in [-0.05, 0) is 27.7 Å². The fourth-order valence-corrected chi connectivity index (χ4v) is 1.41. The van der Waals surface area contributed by atoms with Gasteiger partial charge in [0.1, 0.15) is 12.0 Å². The maximum Gasteiger partial charge on any atom is 0.123 e. The fraction of sp³-hybridized carbons (Fsp3) is 0.857. The summed E-state index contributed by atoms with van der Waals surface area (Å²) in [5.74, 6) is 1.09. The Kier molecular flexibility index (Phi) is 1.83. The quantitative estimate of drug-likeness (QED) is 0.589. The summed E-state index contributed by atoms with van der Waals surface area (Å²) in [5, 5.41) is 4.11. The molecule has 0 aromatic carbocycles. The zero-order valence-electron chi connectivity index (χ0n) is 7.05. The van der Waals surface area contributed by atoms with Gasteiger partial charge >= 0.3 is 0 Å². The smallest absolute Gasteiger partial charge is 0.123 e. The minimum Gasteiger partial charge on any atom is -0.335 e. The fourth-order valence-electron chi connectivity index (χ4n) is 1.41. The van der Waals surface area contributed by atoms with Crippen molar-refractivity contribution in [1.82, 2.24) is 10.3 Å². The van der Waals surface area contributed by atoms with Gasteiger partial charge in [0.25, 0.3) is 0 Å². The number of hydrogen-bond donors (Lipinski definition) is 1. The summed E-state index contributed by atoms with van der Waals surface area (Å²) in [7, 11) is 0. The Morgan fingerprint density at radius 1 is 1.60 bits per heavy atom. The van der Waals surface area contributed by atoms with Crippen LogP contribution in [0.3, 0.4) is 0 Å². The lowest BCUT2D eigenvalue weighted by Gasteiger charge is -2.27. The molecule has 0 fully saturated rings. The Morgan fingerprint density at radius 3 is 2.40 bits per heavy atom. The first-order valence-corrected chi connectivity index (χ1v) is 3.71. The Morgan fingerprint density at radius 2 is 2.20 bits per heavy atom. The first kappa shape index (κ1) is 7.38. The van der Waals surface area contributed by atoms with Crippen LogP contribution < -0.4 is 5.43 Å². The molecule has 1 rings (SSSR count). The van der Waals surface area contributed by atoms with Crippen LogP contribution in [0.25, 0.3) is 0 Å². The van der Waals surface area contributed by atoms with Crippen molar-refractivity contribution >= 4 is 5.84 Å². The second-order valence-electron chi connectivity index (χ2n) is 2.97. The van der Waals surface area contributed by atoms with E-state index >= 15 is 0 Å². The van der Waals surface area contributed by atoms with Crippen molar-refractivity contribution in [3.63, 3.8) is 0 Å². The zero-order chi connectivity index (χ0) is 7.72. The molecule has 1 N–H and O–H groups in total. The first-order valence-electron chi connectivity index (χ1n) is 3.71. The molecule has 0 bridgehead atoms. The molecule has 1 aliphatic heterocycles. The number of nitrogens with zero attached hydrogens (tertiary/aromatic N) is 2. The molecule has 1 aliphatic rings. The molecule has 0 aromatic rings. The molecule has 0 aromatic heterocycles. The zero-order valence-corrected chi connectivity index (χ0v) is 7.05. The second-order valence-corrected chi connectivity index (χ2v) is 2.97. The second kappa shape index (κ2) is 2.48. The number of hydrogen-bond acceptors (Lipinski definition) is 3. The minimum atomic E-state index is 0.361. The van der Waals surface area contributed by atoms with Gasteiger partial charge in [-0.3, -0.25) is 5.43 Å². The molecule has 0 spiro atoms. The maximum atomic E-state index is 4.11. The van der Waals surface area contributed by atoms with E-state index in [1.165, 1.54) is 0 Å². The van der Waals surface area contributed by atoms with Crippen molar-refractivity contribution in [3.05, 3.63) is 0 Å². The maximum absolute atomic E-state index is 4.11. The molecule has 10 heavy (non-hydrogen) atoms. The standard InChI is InChI=1S/C7H15N3/c1-5(2)10-6(3)8-9-7(10)4/h5-6,8H,1-4H3. The number of nitrogens with one attached hydrogen (secondary N) is 1. The third-order valence-corrected chi connectivity index (χ3v) is 1.76. The van der Waals surface area contributed by atoms with Crippen LogP contribution in [0.5, 0.6) is 0 Å². The molecular weight excluding hydrogens is 126 g/mol. The lowest BCUT2D eigenvalue weighted by atomic mass is 10.3. The predicted molar refractivity (Wildman–Crippen MR) is 42.7 cm³/mol. The molecule has 0 saturated carbocycles. The average Bonchev–Trinajstić information content (AvgIpc) is 2.11. The van der Waals surface area contributed by atoms with E-state index in [1.54, 1.807) is 0 Å². The molecule has 58 valence electrons. The van der Waals surface area contributed by atoms with Crippen LogP contribution in [0.1, 0.15) is 27.7 Å². The van der Waals surface area contributed by atoms with Gasteiger partial charge in [-0.15, -0.1) is 0 Å². The normalized spacial score (nSPS) is 25.1. The average molecular weight is 141 g/mol. The van der Waals surface area contributed by atoms with E-state index in [0.717, 1.165) is 5.84 Å². The molecule has 1 heterocycles. The van der Waals surface area contributed by atoms with E-state index in [4.69, 9.17) is 0 Å². The lowest BCUT2D eigenvalue weighted by Crippen LogP contribution is -2.41. The number of hydrazone groups is 1. The highest BCUT2D eigenvalue weighted by Gasteiger charge is 2.22. The molecule has 1 atom stereocenters. The molecule has 0 saturated heterocycles.